The lowest BCUT2D eigenvalue weighted by Crippen LogP contribution is -2.19. The van der Waals surface area contributed by atoms with Gasteiger partial charge in [0.25, 0.3) is 0 Å². The van der Waals surface area contributed by atoms with Crippen molar-refractivity contribution in [3.63, 3.8) is 0 Å². The zero-order valence-electron chi connectivity index (χ0n) is 11.7. The Bertz CT molecular complexity index is 551. The van der Waals surface area contributed by atoms with Gasteiger partial charge in [-0.25, -0.2) is 4.98 Å². The first-order chi connectivity index (χ1) is 9.15. The Morgan fingerprint density at radius 3 is 2.79 bits per heavy atom. The van der Waals surface area contributed by atoms with Gasteiger partial charge in [-0.1, -0.05) is 0 Å². The Morgan fingerprint density at radius 2 is 2.16 bits per heavy atom. The number of benzene rings is 1. The van der Waals surface area contributed by atoms with Crippen molar-refractivity contribution in [2.45, 2.75) is 19.3 Å². The number of rotatable bonds is 6. The number of nitrogens with zero attached hydrogens (tertiary/aromatic N) is 3. The summed E-state index contributed by atoms with van der Waals surface area (Å²) in [4.78, 5) is 6.74. The molecule has 2 aromatic rings. The zero-order valence-corrected chi connectivity index (χ0v) is 12.4. The van der Waals surface area contributed by atoms with E-state index in [4.69, 9.17) is 16.3 Å². The molecule has 104 valence electrons. The molecule has 0 N–H and O–H groups in total. The Hall–Kier alpha value is -1.26. The maximum Gasteiger partial charge on any atom is 0.124 e. The topological polar surface area (TPSA) is 30.3 Å². The van der Waals surface area contributed by atoms with Crippen molar-refractivity contribution in [1.29, 1.82) is 0 Å². The van der Waals surface area contributed by atoms with Crippen LogP contribution in [0.1, 0.15) is 12.7 Å². The number of hydrogen-bond donors (Lipinski definition) is 0. The first-order valence-electron chi connectivity index (χ1n) is 6.48. The van der Waals surface area contributed by atoms with Gasteiger partial charge in [-0.15, -0.1) is 11.6 Å². The predicted octanol–water partition coefficient (Wildman–Crippen LogP) is 2.74. The molecule has 0 radical (unpaired) electrons. The normalized spacial score (nSPS) is 11.4. The van der Waals surface area contributed by atoms with E-state index in [-0.39, 0.29) is 0 Å². The fraction of sp³-hybridized carbons (Fsp3) is 0.500. The third kappa shape index (κ3) is 3.19. The second-order valence-electron chi connectivity index (χ2n) is 4.70. The molecule has 0 saturated heterocycles. The van der Waals surface area contributed by atoms with E-state index in [0.717, 1.165) is 35.7 Å². The van der Waals surface area contributed by atoms with Crippen LogP contribution in [0.2, 0.25) is 0 Å². The van der Waals surface area contributed by atoms with Crippen molar-refractivity contribution in [3.05, 3.63) is 24.0 Å². The van der Waals surface area contributed by atoms with Crippen molar-refractivity contribution in [1.82, 2.24) is 14.5 Å². The second-order valence-corrected chi connectivity index (χ2v) is 4.97. The van der Waals surface area contributed by atoms with Gasteiger partial charge in [-0.2, -0.15) is 0 Å². The van der Waals surface area contributed by atoms with E-state index in [1.165, 1.54) is 0 Å². The van der Waals surface area contributed by atoms with Gasteiger partial charge in [0.2, 0.25) is 0 Å². The number of hydrogen-bond acceptors (Lipinski definition) is 3. The quantitative estimate of drug-likeness (QED) is 0.763. The Balaban J connectivity index is 2.37. The van der Waals surface area contributed by atoms with Gasteiger partial charge in [0.05, 0.1) is 23.5 Å². The van der Waals surface area contributed by atoms with Crippen molar-refractivity contribution in [2.75, 3.05) is 27.2 Å². The van der Waals surface area contributed by atoms with E-state index in [9.17, 15) is 0 Å². The molecule has 0 amide bonds. The van der Waals surface area contributed by atoms with Crippen LogP contribution in [0.3, 0.4) is 0 Å². The van der Waals surface area contributed by atoms with E-state index in [0.29, 0.717) is 12.5 Å². The highest BCUT2D eigenvalue weighted by Gasteiger charge is 2.10. The monoisotopic (exact) mass is 281 g/mol. The minimum absolute atomic E-state index is 0.423. The first-order valence-corrected chi connectivity index (χ1v) is 7.01. The summed E-state index contributed by atoms with van der Waals surface area (Å²) < 4.78 is 7.68. The number of alkyl halides is 1. The van der Waals surface area contributed by atoms with Crippen LogP contribution in [0.5, 0.6) is 5.75 Å². The average Bonchev–Trinajstić information content (AvgIpc) is 2.73. The third-order valence-electron chi connectivity index (χ3n) is 3.00. The van der Waals surface area contributed by atoms with Crippen molar-refractivity contribution in [3.8, 4) is 5.75 Å². The third-order valence-corrected chi connectivity index (χ3v) is 3.24. The predicted molar refractivity (Wildman–Crippen MR) is 79.0 cm³/mol. The van der Waals surface area contributed by atoms with Crippen LogP contribution in [0.25, 0.3) is 11.0 Å². The Labute approximate surface area is 118 Å². The highest BCUT2D eigenvalue weighted by atomic mass is 35.5. The lowest BCUT2D eigenvalue weighted by Gasteiger charge is -2.12. The molecular weight excluding hydrogens is 262 g/mol. The summed E-state index contributed by atoms with van der Waals surface area (Å²) in [6, 6.07) is 6.01. The van der Waals surface area contributed by atoms with Gasteiger partial charge < -0.3 is 14.2 Å². The van der Waals surface area contributed by atoms with Gasteiger partial charge in [-0.3, -0.25) is 0 Å². The number of aromatic nitrogens is 2. The molecule has 2 rings (SSSR count). The average molecular weight is 282 g/mol. The van der Waals surface area contributed by atoms with Crippen molar-refractivity contribution < 1.29 is 4.74 Å². The molecule has 1 aromatic carbocycles. The molecule has 0 spiro atoms. The maximum absolute atomic E-state index is 5.99. The summed E-state index contributed by atoms with van der Waals surface area (Å²) in [5.74, 6) is 2.19. The largest absolute Gasteiger partial charge is 0.494 e. The molecule has 4 nitrogen and oxygen atoms in total. The molecule has 19 heavy (non-hydrogen) atoms. The van der Waals surface area contributed by atoms with E-state index in [1.807, 2.05) is 19.1 Å². The van der Waals surface area contributed by atoms with E-state index in [2.05, 4.69) is 34.6 Å². The molecular formula is C14H20ClN3O. The van der Waals surface area contributed by atoms with Crippen LogP contribution in [0.4, 0.5) is 0 Å². The zero-order chi connectivity index (χ0) is 13.8. The molecule has 0 aliphatic rings. The Morgan fingerprint density at radius 1 is 1.37 bits per heavy atom. The highest BCUT2D eigenvalue weighted by Crippen LogP contribution is 2.22. The molecule has 0 unspecified atom stereocenters. The van der Waals surface area contributed by atoms with Crippen LogP contribution in [-0.4, -0.2) is 41.7 Å². The van der Waals surface area contributed by atoms with Gasteiger partial charge in [0.1, 0.15) is 11.6 Å². The van der Waals surface area contributed by atoms with Crippen LogP contribution in [-0.2, 0) is 12.4 Å². The number of fused-ring (bicyclic) bond motifs is 1. The summed E-state index contributed by atoms with van der Waals surface area (Å²) in [5, 5.41) is 0. The standard InChI is InChI=1S/C14H20ClN3O/c1-4-19-11-5-6-13-12(9-11)16-14(10-15)18(13)8-7-17(2)3/h5-6,9H,4,7-8,10H2,1-3H3. The summed E-state index contributed by atoms with van der Waals surface area (Å²) in [6.07, 6.45) is 0. The van der Waals surface area contributed by atoms with Crippen LogP contribution in [0, 0.1) is 0 Å². The highest BCUT2D eigenvalue weighted by molar-refractivity contribution is 6.16. The fourth-order valence-corrected chi connectivity index (χ4v) is 2.27. The van der Waals surface area contributed by atoms with Crippen LogP contribution in [0.15, 0.2) is 18.2 Å². The smallest absolute Gasteiger partial charge is 0.124 e. The van der Waals surface area contributed by atoms with Crippen molar-refractivity contribution in [2.24, 2.45) is 0 Å². The number of ether oxygens (including phenoxy) is 1. The summed E-state index contributed by atoms with van der Waals surface area (Å²) in [6.45, 7) is 4.49. The SMILES string of the molecule is CCOc1ccc2c(c1)nc(CCl)n2CCN(C)C. The number of halogens is 1. The lowest BCUT2D eigenvalue weighted by molar-refractivity contribution is 0.340. The minimum Gasteiger partial charge on any atom is -0.494 e. The fourth-order valence-electron chi connectivity index (χ4n) is 2.07. The number of likely N-dealkylation sites (N-methyl/N-ethyl adjacent to an activating group) is 1. The summed E-state index contributed by atoms with van der Waals surface area (Å²) >= 11 is 5.99. The van der Waals surface area contributed by atoms with E-state index < -0.39 is 0 Å². The second kappa shape index (κ2) is 6.26. The van der Waals surface area contributed by atoms with Gasteiger partial charge in [-0.05, 0) is 33.2 Å². The minimum atomic E-state index is 0.423. The molecule has 0 fully saturated rings. The molecule has 5 heteroatoms. The lowest BCUT2D eigenvalue weighted by atomic mass is 10.3. The van der Waals surface area contributed by atoms with E-state index >= 15 is 0 Å². The number of imidazole rings is 1. The maximum atomic E-state index is 5.99. The molecule has 0 saturated carbocycles. The van der Waals surface area contributed by atoms with Gasteiger partial charge in [0.15, 0.2) is 0 Å². The molecule has 0 bridgehead atoms. The molecule has 1 heterocycles. The van der Waals surface area contributed by atoms with Crippen molar-refractivity contribution >= 4 is 22.6 Å². The van der Waals surface area contributed by atoms with Gasteiger partial charge >= 0.3 is 0 Å². The summed E-state index contributed by atoms with van der Waals surface area (Å²) in [5.41, 5.74) is 2.06. The molecule has 0 atom stereocenters. The van der Waals surface area contributed by atoms with Crippen LogP contribution < -0.4 is 4.74 Å². The Kier molecular flexibility index (Phi) is 4.66. The first kappa shape index (κ1) is 14.2. The van der Waals surface area contributed by atoms with Gasteiger partial charge in [0, 0.05) is 19.2 Å². The molecule has 1 aromatic heterocycles. The molecule has 0 aliphatic carbocycles. The molecule has 0 aliphatic heterocycles. The summed E-state index contributed by atoms with van der Waals surface area (Å²) in [7, 11) is 4.12. The van der Waals surface area contributed by atoms with Crippen LogP contribution >= 0.6 is 11.6 Å². The van der Waals surface area contributed by atoms with E-state index in [1.54, 1.807) is 0 Å².